The summed E-state index contributed by atoms with van der Waals surface area (Å²) in [5.74, 6) is 0. The molecular formula is C17H15BrN2S. The van der Waals surface area contributed by atoms with Crippen LogP contribution >= 0.6 is 27.3 Å². The number of hydrogen-bond donors (Lipinski definition) is 1. The number of benzene rings is 2. The van der Waals surface area contributed by atoms with Gasteiger partial charge in [0.2, 0.25) is 0 Å². The molecule has 0 aliphatic carbocycles. The first-order valence-corrected chi connectivity index (χ1v) is 8.31. The van der Waals surface area contributed by atoms with Crippen molar-refractivity contribution in [3.8, 4) is 21.8 Å². The van der Waals surface area contributed by atoms with Gasteiger partial charge in [0.25, 0.3) is 0 Å². The second-order valence-electron chi connectivity index (χ2n) is 4.79. The molecule has 3 rings (SSSR count). The van der Waals surface area contributed by atoms with Crippen molar-refractivity contribution >= 4 is 27.3 Å². The van der Waals surface area contributed by atoms with Crippen molar-refractivity contribution in [1.29, 1.82) is 0 Å². The van der Waals surface area contributed by atoms with E-state index in [0.29, 0.717) is 6.54 Å². The largest absolute Gasteiger partial charge is 0.326 e. The molecule has 1 aromatic heterocycles. The third kappa shape index (κ3) is 2.93. The monoisotopic (exact) mass is 358 g/mol. The van der Waals surface area contributed by atoms with Crippen molar-refractivity contribution in [3.63, 3.8) is 0 Å². The zero-order chi connectivity index (χ0) is 14.8. The molecule has 21 heavy (non-hydrogen) atoms. The van der Waals surface area contributed by atoms with E-state index in [4.69, 9.17) is 10.7 Å². The lowest BCUT2D eigenvalue weighted by atomic mass is 10.1. The molecule has 106 valence electrons. The van der Waals surface area contributed by atoms with E-state index in [1.807, 2.05) is 24.3 Å². The number of rotatable bonds is 3. The van der Waals surface area contributed by atoms with Crippen molar-refractivity contribution in [1.82, 2.24) is 4.98 Å². The van der Waals surface area contributed by atoms with Crippen LogP contribution in [-0.2, 0) is 6.54 Å². The van der Waals surface area contributed by atoms with Crippen LogP contribution in [-0.4, -0.2) is 4.98 Å². The Hall–Kier alpha value is -1.49. The van der Waals surface area contributed by atoms with Crippen molar-refractivity contribution in [2.75, 3.05) is 0 Å². The second kappa shape index (κ2) is 6.10. The summed E-state index contributed by atoms with van der Waals surface area (Å²) in [5.41, 5.74) is 10.3. The van der Waals surface area contributed by atoms with Crippen molar-refractivity contribution in [3.05, 3.63) is 63.4 Å². The van der Waals surface area contributed by atoms with Crippen molar-refractivity contribution in [2.24, 2.45) is 5.73 Å². The van der Waals surface area contributed by atoms with Gasteiger partial charge in [0.05, 0.1) is 5.69 Å². The molecule has 0 radical (unpaired) electrons. The highest BCUT2D eigenvalue weighted by Crippen LogP contribution is 2.34. The first-order valence-electron chi connectivity index (χ1n) is 6.70. The molecular weight excluding hydrogens is 344 g/mol. The molecule has 2 N–H and O–H groups in total. The summed E-state index contributed by atoms with van der Waals surface area (Å²) >= 11 is 5.18. The average molecular weight is 359 g/mol. The van der Waals surface area contributed by atoms with Crippen LogP contribution in [0.2, 0.25) is 0 Å². The lowest BCUT2D eigenvalue weighted by Gasteiger charge is -2.03. The summed E-state index contributed by atoms with van der Waals surface area (Å²) in [6.45, 7) is 2.64. The Balaban J connectivity index is 2.07. The quantitative estimate of drug-likeness (QED) is 0.714. The normalized spacial score (nSPS) is 10.8. The highest BCUT2D eigenvalue weighted by atomic mass is 79.9. The SMILES string of the molecule is Cc1sc(-c2ccccc2CN)nc1-c1ccc(Br)cc1. The predicted molar refractivity (Wildman–Crippen MR) is 93.3 cm³/mol. The summed E-state index contributed by atoms with van der Waals surface area (Å²) in [6.07, 6.45) is 0. The van der Waals surface area contributed by atoms with Gasteiger partial charge < -0.3 is 5.73 Å². The summed E-state index contributed by atoms with van der Waals surface area (Å²) in [5, 5.41) is 1.03. The molecule has 4 heteroatoms. The van der Waals surface area contributed by atoms with E-state index in [9.17, 15) is 0 Å². The van der Waals surface area contributed by atoms with Crippen LogP contribution in [0.5, 0.6) is 0 Å². The third-order valence-electron chi connectivity index (χ3n) is 3.38. The van der Waals surface area contributed by atoms with Gasteiger partial charge in [0.15, 0.2) is 0 Å². The summed E-state index contributed by atoms with van der Waals surface area (Å²) < 4.78 is 1.08. The van der Waals surface area contributed by atoms with E-state index in [1.54, 1.807) is 11.3 Å². The molecule has 0 aliphatic rings. The van der Waals surface area contributed by atoms with Gasteiger partial charge in [0, 0.05) is 27.0 Å². The van der Waals surface area contributed by atoms with Gasteiger partial charge in [-0.2, -0.15) is 0 Å². The zero-order valence-corrected chi connectivity index (χ0v) is 14.0. The van der Waals surface area contributed by atoms with Gasteiger partial charge >= 0.3 is 0 Å². The summed E-state index contributed by atoms with van der Waals surface area (Å²) in [4.78, 5) is 6.06. The molecule has 0 saturated carbocycles. The minimum Gasteiger partial charge on any atom is -0.326 e. The van der Waals surface area contributed by atoms with Gasteiger partial charge in [-0.25, -0.2) is 4.98 Å². The van der Waals surface area contributed by atoms with E-state index in [-0.39, 0.29) is 0 Å². The molecule has 0 amide bonds. The molecule has 0 unspecified atom stereocenters. The molecule has 0 saturated heterocycles. The molecule has 2 nitrogen and oxygen atoms in total. The molecule has 0 aliphatic heterocycles. The number of aryl methyl sites for hydroxylation is 1. The van der Waals surface area contributed by atoms with E-state index in [2.05, 4.69) is 47.1 Å². The van der Waals surface area contributed by atoms with Crippen molar-refractivity contribution < 1.29 is 0 Å². The second-order valence-corrected chi connectivity index (χ2v) is 6.91. The van der Waals surface area contributed by atoms with E-state index in [1.165, 1.54) is 4.88 Å². The number of halogens is 1. The highest BCUT2D eigenvalue weighted by Gasteiger charge is 2.13. The average Bonchev–Trinajstić information content (AvgIpc) is 2.90. The first kappa shape index (κ1) is 14.4. The Bertz CT molecular complexity index is 763. The van der Waals surface area contributed by atoms with Gasteiger partial charge in [-0.05, 0) is 24.6 Å². The fourth-order valence-electron chi connectivity index (χ4n) is 2.29. The van der Waals surface area contributed by atoms with Crippen LogP contribution in [0.15, 0.2) is 53.0 Å². The van der Waals surface area contributed by atoms with E-state index in [0.717, 1.165) is 31.9 Å². The maximum Gasteiger partial charge on any atom is 0.124 e. The maximum atomic E-state index is 5.83. The number of nitrogens with two attached hydrogens (primary N) is 1. The molecule has 1 heterocycles. The number of hydrogen-bond acceptors (Lipinski definition) is 3. The smallest absolute Gasteiger partial charge is 0.124 e. The Kier molecular flexibility index (Phi) is 4.19. The first-order chi connectivity index (χ1) is 10.2. The maximum absolute atomic E-state index is 5.83. The molecule has 2 aromatic carbocycles. The minimum atomic E-state index is 0.530. The third-order valence-corrected chi connectivity index (χ3v) is 4.91. The fraction of sp³-hybridized carbons (Fsp3) is 0.118. The van der Waals surface area contributed by atoms with E-state index >= 15 is 0 Å². The van der Waals surface area contributed by atoms with Gasteiger partial charge in [0.1, 0.15) is 5.01 Å². The predicted octanol–water partition coefficient (Wildman–Crippen LogP) is 5.01. The standard InChI is InChI=1S/C17H15BrN2S/c1-11-16(12-6-8-14(18)9-7-12)20-17(21-11)15-5-3-2-4-13(15)10-19/h2-9H,10,19H2,1H3. The molecule has 0 spiro atoms. The summed E-state index contributed by atoms with van der Waals surface area (Å²) in [7, 11) is 0. The Morgan fingerprint density at radius 3 is 2.52 bits per heavy atom. The number of nitrogens with zero attached hydrogens (tertiary/aromatic N) is 1. The van der Waals surface area contributed by atoms with Crippen molar-refractivity contribution in [2.45, 2.75) is 13.5 Å². The lowest BCUT2D eigenvalue weighted by Crippen LogP contribution is -1.98. The van der Waals surface area contributed by atoms with Gasteiger partial charge in [-0.3, -0.25) is 0 Å². The number of thiazole rings is 1. The minimum absolute atomic E-state index is 0.530. The molecule has 0 fully saturated rings. The van der Waals surface area contributed by atoms with Crippen LogP contribution in [0, 0.1) is 6.92 Å². The highest BCUT2D eigenvalue weighted by molar-refractivity contribution is 9.10. The van der Waals surface area contributed by atoms with Gasteiger partial charge in [-0.15, -0.1) is 11.3 Å². The van der Waals surface area contributed by atoms with Crippen LogP contribution in [0.25, 0.3) is 21.8 Å². The zero-order valence-electron chi connectivity index (χ0n) is 11.6. The molecule has 3 aromatic rings. The fourth-order valence-corrected chi connectivity index (χ4v) is 3.55. The molecule has 0 bridgehead atoms. The lowest BCUT2D eigenvalue weighted by molar-refractivity contribution is 1.07. The Morgan fingerprint density at radius 1 is 1.10 bits per heavy atom. The Morgan fingerprint density at radius 2 is 1.81 bits per heavy atom. The molecule has 0 atom stereocenters. The number of aromatic nitrogens is 1. The van der Waals surface area contributed by atoms with Crippen LogP contribution in [0.3, 0.4) is 0 Å². The topological polar surface area (TPSA) is 38.9 Å². The van der Waals surface area contributed by atoms with E-state index < -0.39 is 0 Å². The Labute approximate surface area is 136 Å². The summed E-state index contributed by atoms with van der Waals surface area (Å²) in [6, 6.07) is 16.5. The van der Waals surface area contributed by atoms with Crippen LogP contribution < -0.4 is 5.73 Å². The van der Waals surface area contributed by atoms with Crippen LogP contribution in [0.1, 0.15) is 10.4 Å². The van der Waals surface area contributed by atoms with Crippen LogP contribution in [0.4, 0.5) is 0 Å². The van der Waals surface area contributed by atoms with Gasteiger partial charge in [-0.1, -0.05) is 52.3 Å².